The van der Waals surface area contributed by atoms with Crippen molar-refractivity contribution in [1.82, 2.24) is 9.62 Å². The molecule has 1 N–H and O–H groups in total. The monoisotopic (exact) mass is 630 g/mol. The zero-order valence-corrected chi connectivity index (χ0v) is 24.3. The molecule has 9 heteroatoms. The van der Waals surface area contributed by atoms with E-state index in [0.717, 1.165) is 15.6 Å². The van der Waals surface area contributed by atoms with Crippen LogP contribution in [0.3, 0.4) is 0 Å². The van der Waals surface area contributed by atoms with Crippen molar-refractivity contribution in [2.75, 3.05) is 6.54 Å². The second kappa shape index (κ2) is 11.4. The van der Waals surface area contributed by atoms with Gasteiger partial charge in [0.15, 0.2) is 0 Å². The number of halogens is 3. The molecule has 38 heavy (non-hydrogen) atoms. The van der Waals surface area contributed by atoms with Crippen molar-refractivity contribution in [1.29, 1.82) is 0 Å². The molecule has 1 saturated heterocycles. The fourth-order valence-corrected chi connectivity index (χ4v) is 6.39. The molecule has 1 aliphatic heterocycles. The van der Waals surface area contributed by atoms with Crippen LogP contribution < -0.4 is 9.46 Å². The Hall–Kier alpha value is -2.39. The van der Waals surface area contributed by atoms with Crippen molar-refractivity contribution >= 4 is 49.2 Å². The predicted molar refractivity (Wildman–Crippen MR) is 156 cm³/mol. The molecular formula is C29H25BrCl2N2O3S. The summed E-state index contributed by atoms with van der Waals surface area (Å²) >= 11 is 15.7. The van der Waals surface area contributed by atoms with Crippen LogP contribution in [0.2, 0.25) is 10.0 Å². The van der Waals surface area contributed by atoms with Crippen molar-refractivity contribution in [3.63, 3.8) is 0 Å². The minimum absolute atomic E-state index is 0.0406. The molecule has 5 rings (SSSR count). The highest BCUT2D eigenvalue weighted by molar-refractivity contribution is 9.10. The maximum atomic E-state index is 13.2. The largest absolute Gasteiger partial charge is 0.457 e. The number of hydrogen-bond donors (Lipinski definition) is 1. The van der Waals surface area contributed by atoms with Crippen molar-refractivity contribution in [3.8, 4) is 11.5 Å². The van der Waals surface area contributed by atoms with Gasteiger partial charge in [-0.1, -0.05) is 63.4 Å². The summed E-state index contributed by atoms with van der Waals surface area (Å²) in [6.45, 7) is 2.59. The van der Waals surface area contributed by atoms with E-state index < -0.39 is 10.0 Å². The molecule has 0 saturated carbocycles. The van der Waals surface area contributed by atoms with Gasteiger partial charge >= 0.3 is 0 Å². The van der Waals surface area contributed by atoms with Gasteiger partial charge in [-0.15, -0.1) is 0 Å². The third-order valence-electron chi connectivity index (χ3n) is 6.71. The number of benzene rings is 4. The molecule has 1 fully saturated rings. The minimum atomic E-state index is -3.71. The first-order valence-corrected chi connectivity index (χ1v) is 15.1. The molecule has 1 heterocycles. The van der Waals surface area contributed by atoms with Crippen LogP contribution in [0.4, 0.5) is 0 Å². The van der Waals surface area contributed by atoms with E-state index in [1.165, 1.54) is 0 Å². The molecule has 196 valence electrons. The van der Waals surface area contributed by atoms with Crippen molar-refractivity contribution in [2.45, 2.75) is 29.9 Å². The Morgan fingerprint density at radius 2 is 1.29 bits per heavy atom. The van der Waals surface area contributed by atoms with Gasteiger partial charge in [-0.25, -0.2) is 13.1 Å². The third-order valence-corrected chi connectivity index (χ3v) is 9.24. The Labute approximate surface area is 241 Å². The summed E-state index contributed by atoms with van der Waals surface area (Å²) in [6, 6.07) is 29.0. The molecule has 0 aliphatic carbocycles. The highest BCUT2D eigenvalue weighted by Gasteiger charge is 2.42. The SMILES string of the molecule is C[C@@H]1[C@@H](NS(=O)(=O)c2ccc(Oc3ccc(Br)cc3)cc2)CN1C(c1ccc(Cl)cc1)c1ccc(Cl)cc1. The quantitative estimate of drug-likeness (QED) is 0.217. The zero-order chi connectivity index (χ0) is 26.9. The third kappa shape index (κ3) is 6.09. The predicted octanol–water partition coefficient (Wildman–Crippen LogP) is 7.69. The second-order valence-corrected chi connectivity index (χ2v) is 12.7. The summed E-state index contributed by atoms with van der Waals surface area (Å²) in [5.41, 5.74) is 2.15. The lowest BCUT2D eigenvalue weighted by molar-refractivity contribution is 0.0370. The van der Waals surface area contributed by atoms with E-state index in [1.54, 1.807) is 24.3 Å². The zero-order valence-electron chi connectivity index (χ0n) is 20.4. The molecular weight excluding hydrogens is 607 g/mol. The highest BCUT2D eigenvalue weighted by atomic mass is 79.9. The number of sulfonamides is 1. The van der Waals surface area contributed by atoms with Gasteiger partial charge in [0.1, 0.15) is 11.5 Å². The molecule has 4 aromatic carbocycles. The molecule has 5 nitrogen and oxygen atoms in total. The summed E-state index contributed by atoms with van der Waals surface area (Å²) < 4.78 is 36.0. The van der Waals surface area contributed by atoms with Gasteiger partial charge in [-0.3, -0.25) is 4.90 Å². The standard InChI is InChI=1S/C29H25BrCl2N2O3S/c1-19-28(18-34(19)29(20-2-8-23(31)9-3-20)21-4-10-24(32)11-5-21)33-38(35,36)27-16-14-26(15-17-27)37-25-12-6-22(30)7-13-25/h2-17,19,28-29,33H,18H2,1H3/t19-,28+/m1/s1. The Kier molecular flexibility index (Phi) is 8.14. The molecule has 0 aromatic heterocycles. The summed E-state index contributed by atoms with van der Waals surface area (Å²) in [5, 5.41) is 1.33. The summed E-state index contributed by atoms with van der Waals surface area (Å²) in [5.74, 6) is 1.23. The normalized spacial score (nSPS) is 17.8. The topological polar surface area (TPSA) is 58.6 Å². The molecule has 0 spiro atoms. The Morgan fingerprint density at radius 1 is 0.816 bits per heavy atom. The number of hydrogen-bond acceptors (Lipinski definition) is 4. The van der Waals surface area contributed by atoms with Crippen LogP contribution in [-0.2, 0) is 10.0 Å². The molecule has 0 bridgehead atoms. The molecule has 0 unspecified atom stereocenters. The average Bonchev–Trinajstić information content (AvgIpc) is 2.91. The first-order chi connectivity index (χ1) is 18.2. The van der Waals surface area contributed by atoms with E-state index in [2.05, 4.69) is 25.6 Å². The summed E-state index contributed by atoms with van der Waals surface area (Å²) in [4.78, 5) is 2.47. The van der Waals surface area contributed by atoms with Gasteiger partial charge in [0.05, 0.1) is 17.0 Å². The summed E-state index contributed by atoms with van der Waals surface area (Å²) in [6.07, 6.45) is 0. The Balaban J connectivity index is 1.29. The van der Waals surface area contributed by atoms with Crippen LogP contribution in [0.15, 0.2) is 106 Å². The van der Waals surface area contributed by atoms with Gasteiger partial charge in [-0.05, 0) is 90.8 Å². The lowest BCUT2D eigenvalue weighted by Gasteiger charge is -2.50. The van der Waals surface area contributed by atoms with Gasteiger partial charge in [0, 0.05) is 27.1 Å². The lowest BCUT2D eigenvalue weighted by Crippen LogP contribution is -2.66. The van der Waals surface area contributed by atoms with Crippen LogP contribution in [0.25, 0.3) is 0 Å². The van der Waals surface area contributed by atoms with Gasteiger partial charge in [0.25, 0.3) is 0 Å². The number of nitrogens with zero attached hydrogens (tertiary/aromatic N) is 1. The molecule has 0 amide bonds. The van der Waals surface area contributed by atoms with Crippen molar-refractivity contribution < 1.29 is 13.2 Å². The van der Waals surface area contributed by atoms with E-state index >= 15 is 0 Å². The Bertz CT molecular complexity index is 1450. The van der Waals surface area contributed by atoms with E-state index in [9.17, 15) is 8.42 Å². The number of likely N-dealkylation sites (tertiary alicyclic amines) is 1. The van der Waals surface area contributed by atoms with Crippen molar-refractivity contribution in [2.24, 2.45) is 0 Å². The van der Waals surface area contributed by atoms with Crippen LogP contribution in [-0.4, -0.2) is 31.9 Å². The number of rotatable bonds is 8. The van der Waals surface area contributed by atoms with Crippen LogP contribution >= 0.6 is 39.1 Å². The Morgan fingerprint density at radius 3 is 1.76 bits per heavy atom. The van der Waals surface area contributed by atoms with Crippen LogP contribution in [0.1, 0.15) is 24.1 Å². The average molecular weight is 632 g/mol. The minimum Gasteiger partial charge on any atom is -0.457 e. The maximum absolute atomic E-state index is 13.2. The molecule has 2 atom stereocenters. The fourth-order valence-electron chi connectivity index (χ4n) is 4.57. The van der Waals surface area contributed by atoms with Crippen LogP contribution in [0, 0.1) is 0 Å². The maximum Gasteiger partial charge on any atom is 0.240 e. The first kappa shape index (κ1) is 27.2. The highest BCUT2D eigenvalue weighted by Crippen LogP contribution is 2.37. The lowest BCUT2D eigenvalue weighted by atomic mass is 9.89. The van der Waals surface area contributed by atoms with Gasteiger partial charge in [-0.2, -0.15) is 0 Å². The van der Waals surface area contributed by atoms with Gasteiger partial charge < -0.3 is 4.74 Å². The van der Waals surface area contributed by atoms with E-state index in [4.69, 9.17) is 27.9 Å². The van der Waals surface area contributed by atoms with Gasteiger partial charge in [0.2, 0.25) is 10.0 Å². The first-order valence-electron chi connectivity index (χ1n) is 12.0. The fraction of sp³-hybridized carbons (Fsp3) is 0.172. The van der Waals surface area contributed by atoms with E-state index in [0.29, 0.717) is 28.1 Å². The number of nitrogens with one attached hydrogen (secondary N) is 1. The smallest absolute Gasteiger partial charge is 0.240 e. The molecule has 0 radical (unpaired) electrons. The number of ether oxygens (including phenoxy) is 1. The molecule has 1 aliphatic rings. The second-order valence-electron chi connectivity index (χ2n) is 9.20. The van der Waals surface area contributed by atoms with E-state index in [-0.39, 0.29) is 23.0 Å². The molecule has 4 aromatic rings. The van der Waals surface area contributed by atoms with Crippen molar-refractivity contribution in [3.05, 3.63) is 123 Å². The van der Waals surface area contributed by atoms with E-state index in [1.807, 2.05) is 79.7 Å². The van der Waals surface area contributed by atoms with Crippen LogP contribution in [0.5, 0.6) is 11.5 Å². The summed E-state index contributed by atoms with van der Waals surface area (Å²) in [7, 11) is -3.71.